The molecule has 0 spiro atoms. The second-order valence-corrected chi connectivity index (χ2v) is 8.74. The highest BCUT2D eigenvalue weighted by Crippen LogP contribution is 2.54. The van der Waals surface area contributed by atoms with Gasteiger partial charge < -0.3 is 4.98 Å². The van der Waals surface area contributed by atoms with Crippen molar-refractivity contribution in [3.05, 3.63) is 87.4 Å². The predicted molar refractivity (Wildman–Crippen MR) is 128 cm³/mol. The fraction of sp³-hybridized carbons (Fsp3) is 0.292. The van der Waals surface area contributed by atoms with E-state index in [2.05, 4.69) is 63.8 Å². The van der Waals surface area contributed by atoms with E-state index in [1.165, 1.54) is 11.8 Å². The number of fused-ring (bicyclic) bond motifs is 1. The van der Waals surface area contributed by atoms with Gasteiger partial charge in [-0.3, -0.25) is 14.5 Å². The minimum atomic E-state index is -0.553. The molecule has 1 saturated carbocycles. The van der Waals surface area contributed by atoms with Gasteiger partial charge in [0.25, 0.3) is 5.56 Å². The summed E-state index contributed by atoms with van der Waals surface area (Å²) in [6.45, 7) is 10.3. The van der Waals surface area contributed by atoms with Crippen molar-refractivity contribution in [2.45, 2.75) is 39.2 Å². The Morgan fingerprint density at radius 3 is 2.88 bits per heavy atom. The normalized spacial score (nSPS) is 18.2. The molecule has 1 aliphatic carbocycles. The van der Waals surface area contributed by atoms with Crippen LogP contribution >= 0.6 is 0 Å². The van der Waals surface area contributed by atoms with Gasteiger partial charge in [0, 0.05) is 30.0 Å². The van der Waals surface area contributed by atoms with Gasteiger partial charge in [-0.15, -0.1) is 0 Å². The summed E-state index contributed by atoms with van der Waals surface area (Å²) in [7, 11) is 0. The summed E-state index contributed by atoms with van der Waals surface area (Å²) in [6.07, 6.45) is 7.66. The lowest BCUT2D eigenvalue weighted by atomic mass is 10.0. The van der Waals surface area contributed by atoms with Crippen LogP contribution in [0.1, 0.15) is 56.1 Å². The van der Waals surface area contributed by atoms with E-state index >= 15 is 0 Å². The summed E-state index contributed by atoms with van der Waals surface area (Å²) in [5, 5.41) is 10.2. The number of rotatable bonds is 6. The Bertz CT molecular complexity index is 1520. The number of hydrogen-bond donors (Lipinski definition) is 2. The van der Waals surface area contributed by atoms with Gasteiger partial charge in [-0.2, -0.15) is 10.2 Å². The van der Waals surface area contributed by atoms with Crippen molar-refractivity contribution >= 4 is 22.2 Å². The predicted octanol–water partition coefficient (Wildman–Crippen LogP) is 3.28. The first-order valence-corrected chi connectivity index (χ1v) is 10.9. The van der Waals surface area contributed by atoms with E-state index in [0.717, 1.165) is 22.9 Å². The summed E-state index contributed by atoms with van der Waals surface area (Å²) in [5.41, 5.74) is 3.04. The Kier molecular flexibility index (Phi) is 4.96. The third kappa shape index (κ3) is 3.75. The molecule has 0 bridgehead atoms. The van der Waals surface area contributed by atoms with Gasteiger partial charge >= 0.3 is 5.69 Å². The zero-order valence-electron chi connectivity index (χ0n) is 18.7. The monoisotopic (exact) mass is 443 g/mol. The number of H-pyrrole nitrogens is 2. The van der Waals surface area contributed by atoms with Crippen LogP contribution < -0.4 is 11.2 Å². The largest absolute Gasteiger partial charge is 0.325 e. The molecule has 9 nitrogen and oxygen atoms in total. The lowest BCUT2D eigenvalue weighted by molar-refractivity contribution is 0.550. The number of benzene rings is 1. The zero-order valence-corrected chi connectivity index (χ0v) is 18.7. The lowest BCUT2D eigenvalue weighted by Gasteiger charge is -2.09. The highest BCUT2D eigenvalue weighted by Gasteiger charge is 2.42. The number of hydrogen-bond acceptors (Lipinski definition) is 5. The van der Waals surface area contributed by atoms with Gasteiger partial charge in [0.1, 0.15) is 0 Å². The van der Waals surface area contributed by atoms with Crippen LogP contribution in [0.25, 0.3) is 16.5 Å². The fourth-order valence-electron chi connectivity index (χ4n) is 4.31. The maximum absolute atomic E-state index is 12.1. The summed E-state index contributed by atoms with van der Waals surface area (Å²) in [5.74, 6) is 1.30. The number of nitrogens with zero attached hydrogens (tertiary/aromatic N) is 5. The molecular weight excluding hydrogens is 418 g/mol. The fourth-order valence-corrected chi connectivity index (χ4v) is 4.31. The Labute approximate surface area is 189 Å². The van der Waals surface area contributed by atoms with Gasteiger partial charge in [0.2, 0.25) is 0 Å². The maximum atomic E-state index is 12.1. The second-order valence-electron chi connectivity index (χ2n) is 8.74. The summed E-state index contributed by atoms with van der Waals surface area (Å²) in [6, 6.07) is 6.83. The van der Waals surface area contributed by atoms with E-state index in [0.29, 0.717) is 29.1 Å². The molecule has 1 aliphatic rings. The van der Waals surface area contributed by atoms with Gasteiger partial charge in [0.05, 0.1) is 23.0 Å². The molecule has 5 rings (SSSR count). The van der Waals surface area contributed by atoms with Crippen LogP contribution in [0.3, 0.4) is 0 Å². The quantitative estimate of drug-likeness (QED) is 0.445. The molecular formula is C24H25N7O2. The SMILES string of the molecule is C=C(c1nccn1/N=C(\C)c1c[nH]c(=O)[nH]c1=O)[C@H]1C[C@@H]1c1ccc2cnn(C(C)C)c2c1. The lowest BCUT2D eigenvalue weighted by Crippen LogP contribution is -2.26. The topological polar surface area (TPSA) is 114 Å². The van der Waals surface area contributed by atoms with Crippen LogP contribution in [0.4, 0.5) is 0 Å². The Morgan fingerprint density at radius 1 is 1.30 bits per heavy atom. The van der Waals surface area contributed by atoms with E-state index < -0.39 is 11.2 Å². The van der Waals surface area contributed by atoms with E-state index in [-0.39, 0.29) is 5.92 Å². The number of nitrogens with one attached hydrogen (secondary N) is 2. The highest BCUT2D eigenvalue weighted by molar-refractivity contribution is 5.98. The molecule has 0 radical (unpaired) electrons. The number of aromatic amines is 2. The van der Waals surface area contributed by atoms with Crippen molar-refractivity contribution in [1.82, 2.24) is 29.4 Å². The second kappa shape index (κ2) is 7.84. The molecule has 0 saturated heterocycles. The van der Waals surface area contributed by atoms with E-state index in [9.17, 15) is 9.59 Å². The van der Waals surface area contributed by atoms with Crippen LogP contribution in [0.15, 0.2) is 64.3 Å². The molecule has 1 fully saturated rings. The summed E-state index contributed by atoms with van der Waals surface area (Å²) >= 11 is 0. The maximum Gasteiger partial charge on any atom is 0.325 e. The summed E-state index contributed by atoms with van der Waals surface area (Å²) < 4.78 is 3.68. The molecule has 168 valence electrons. The van der Waals surface area contributed by atoms with Crippen LogP contribution in [0.2, 0.25) is 0 Å². The molecule has 0 unspecified atom stereocenters. The van der Waals surface area contributed by atoms with Crippen molar-refractivity contribution in [3.8, 4) is 0 Å². The van der Waals surface area contributed by atoms with Crippen molar-refractivity contribution in [2.24, 2.45) is 11.0 Å². The van der Waals surface area contributed by atoms with E-state index in [1.54, 1.807) is 24.0 Å². The Balaban J connectivity index is 1.40. The highest BCUT2D eigenvalue weighted by atomic mass is 16.2. The molecule has 4 aromatic rings. The first kappa shape index (κ1) is 20.9. The van der Waals surface area contributed by atoms with Gasteiger partial charge in [-0.25, -0.2) is 14.5 Å². The molecule has 33 heavy (non-hydrogen) atoms. The smallest absolute Gasteiger partial charge is 0.313 e. The molecule has 0 aliphatic heterocycles. The Morgan fingerprint density at radius 2 is 2.12 bits per heavy atom. The number of aromatic nitrogens is 6. The third-order valence-corrected chi connectivity index (χ3v) is 6.15. The first-order chi connectivity index (χ1) is 15.8. The van der Waals surface area contributed by atoms with Crippen molar-refractivity contribution < 1.29 is 0 Å². The molecule has 1 aromatic carbocycles. The van der Waals surface area contributed by atoms with Crippen molar-refractivity contribution in [2.75, 3.05) is 0 Å². The van der Waals surface area contributed by atoms with Crippen LogP contribution in [-0.2, 0) is 0 Å². The van der Waals surface area contributed by atoms with Crippen LogP contribution in [-0.4, -0.2) is 35.1 Å². The molecule has 2 atom stereocenters. The molecule has 2 N–H and O–H groups in total. The molecule has 3 heterocycles. The minimum Gasteiger partial charge on any atom is -0.313 e. The summed E-state index contributed by atoms with van der Waals surface area (Å²) in [4.78, 5) is 32.5. The average molecular weight is 444 g/mol. The Hall–Kier alpha value is -4.01. The number of allylic oxidation sites excluding steroid dienone is 1. The van der Waals surface area contributed by atoms with Crippen LogP contribution in [0, 0.1) is 5.92 Å². The third-order valence-electron chi connectivity index (χ3n) is 6.15. The van der Waals surface area contributed by atoms with E-state index in [4.69, 9.17) is 0 Å². The average Bonchev–Trinajstić information content (AvgIpc) is 3.24. The molecule has 3 aromatic heterocycles. The van der Waals surface area contributed by atoms with Gasteiger partial charge in [-0.1, -0.05) is 18.7 Å². The molecule has 0 amide bonds. The van der Waals surface area contributed by atoms with Gasteiger partial charge in [0.15, 0.2) is 5.82 Å². The van der Waals surface area contributed by atoms with Crippen LogP contribution in [0.5, 0.6) is 0 Å². The molecule has 9 heteroatoms. The first-order valence-electron chi connectivity index (χ1n) is 10.9. The van der Waals surface area contributed by atoms with Gasteiger partial charge in [-0.05, 0) is 56.2 Å². The minimum absolute atomic E-state index is 0.269. The van der Waals surface area contributed by atoms with E-state index in [1.807, 2.05) is 10.9 Å². The van der Waals surface area contributed by atoms with Crippen molar-refractivity contribution in [1.29, 1.82) is 0 Å². The zero-order chi connectivity index (χ0) is 23.3. The van der Waals surface area contributed by atoms with Crippen molar-refractivity contribution in [3.63, 3.8) is 0 Å². The number of imidazole rings is 1. The standard InChI is InChI=1S/C24H25N7O2/c1-13(2)31-21-9-16(5-6-17(21)11-27-31)19-10-18(19)14(3)22-25-7-8-30(22)29-15(4)20-12-26-24(33)28-23(20)32/h5-9,11-13,18-19H,3,10H2,1-2,4H3,(H2,26,28,32,33)/b29-15+/t18-,19-/m1/s1.